The molecule has 1 aromatic heterocycles. The molecule has 0 fully saturated rings. The number of aromatic nitrogens is 3. The zero-order chi connectivity index (χ0) is 13.0. The van der Waals surface area contributed by atoms with E-state index in [2.05, 4.69) is 28.6 Å². The van der Waals surface area contributed by atoms with Crippen LogP contribution in [0.25, 0.3) is 0 Å². The second kappa shape index (κ2) is 6.32. The van der Waals surface area contributed by atoms with Gasteiger partial charge in [0.2, 0.25) is 0 Å². The minimum Gasteiger partial charge on any atom is -0.330 e. The average Bonchev–Trinajstić information content (AvgIpc) is 2.58. The topological polar surface area (TPSA) is 56.7 Å². The van der Waals surface area contributed by atoms with Crippen LogP contribution in [0.1, 0.15) is 51.2 Å². The first kappa shape index (κ1) is 13.5. The Labute approximate surface area is 110 Å². The molecule has 4 heteroatoms. The summed E-state index contributed by atoms with van der Waals surface area (Å²) in [5.74, 6) is 3.58. The number of nitrogens with zero attached hydrogens (tertiary/aromatic N) is 3. The highest BCUT2D eigenvalue weighted by Crippen LogP contribution is 2.19. The van der Waals surface area contributed by atoms with E-state index < -0.39 is 0 Å². The summed E-state index contributed by atoms with van der Waals surface area (Å²) in [5.41, 5.74) is 5.89. The largest absolute Gasteiger partial charge is 0.330 e. The average molecular weight is 250 g/mol. The van der Waals surface area contributed by atoms with Crippen LogP contribution < -0.4 is 5.73 Å². The lowest BCUT2D eigenvalue weighted by molar-refractivity contribution is 0.401. The number of nitrogens with two attached hydrogens (primary N) is 1. The Bertz CT molecular complexity index is 370. The molecule has 4 nitrogen and oxygen atoms in total. The number of aryl methyl sites for hydroxylation is 1. The van der Waals surface area contributed by atoms with Gasteiger partial charge in [-0.1, -0.05) is 20.3 Å². The fourth-order valence-corrected chi connectivity index (χ4v) is 2.88. The van der Waals surface area contributed by atoms with Gasteiger partial charge in [-0.25, -0.2) is 0 Å². The van der Waals surface area contributed by atoms with Crippen molar-refractivity contribution in [3.8, 4) is 0 Å². The van der Waals surface area contributed by atoms with Gasteiger partial charge in [-0.2, -0.15) is 0 Å². The van der Waals surface area contributed by atoms with Gasteiger partial charge in [0.15, 0.2) is 0 Å². The van der Waals surface area contributed by atoms with Gasteiger partial charge < -0.3 is 10.3 Å². The van der Waals surface area contributed by atoms with Gasteiger partial charge in [0.05, 0.1) is 0 Å². The lowest BCUT2D eigenvalue weighted by atomic mass is 9.94. The first-order chi connectivity index (χ1) is 8.70. The highest BCUT2D eigenvalue weighted by atomic mass is 15.3. The van der Waals surface area contributed by atoms with E-state index in [1.54, 1.807) is 0 Å². The summed E-state index contributed by atoms with van der Waals surface area (Å²) in [6.07, 6.45) is 7.08. The van der Waals surface area contributed by atoms with E-state index in [1.165, 1.54) is 31.5 Å². The van der Waals surface area contributed by atoms with Crippen LogP contribution in [0.2, 0.25) is 0 Å². The Morgan fingerprint density at radius 2 is 2.06 bits per heavy atom. The van der Waals surface area contributed by atoms with Crippen LogP contribution in [0.5, 0.6) is 0 Å². The van der Waals surface area contributed by atoms with Crippen molar-refractivity contribution in [1.29, 1.82) is 0 Å². The molecule has 18 heavy (non-hydrogen) atoms. The maximum absolute atomic E-state index is 5.89. The van der Waals surface area contributed by atoms with Gasteiger partial charge in [0.25, 0.3) is 0 Å². The van der Waals surface area contributed by atoms with E-state index in [9.17, 15) is 0 Å². The van der Waals surface area contributed by atoms with E-state index in [0.29, 0.717) is 11.8 Å². The molecule has 0 spiro atoms. The molecule has 1 aliphatic heterocycles. The molecule has 2 heterocycles. The van der Waals surface area contributed by atoms with Gasteiger partial charge in [0, 0.05) is 19.4 Å². The minimum absolute atomic E-state index is 0.543. The molecule has 1 unspecified atom stereocenters. The summed E-state index contributed by atoms with van der Waals surface area (Å²) in [6.45, 7) is 6.36. The van der Waals surface area contributed by atoms with Crippen molar-refractivity contribution in [3.63, 3.8) is 0 Å². The summed E-state index contributed by atoms with van der Waals surface area (Å²) in [4.78, 5) is 0. The third-order valence-electron chi connectivity index (χ3n) is 3.80. The lowest BCUT2D eigenvalue weighted by Crippen LogP contribution is -2.21. The standard InChI is InChI=1S/C14H26N4/c1-11(2)8-12(10-15)9-14-17-16-13-6-4-3-5-7-18(13)14/h11-12H,3-10,15H2,1-2H3. The smallest absolute Gasteiger partial charge is 0.133 e. The van der Waals surface area contributed by atoms with E-state index in [0.717, 1.165) is 31.8 Å². The van der Waals surface area contributed by atoms with Gasteiger partial charge in [-0.15, -0.1) is 10.2 Å². The number of hydrogen-bond acceptors (Lipinski definition) is 3. The molecule has 2 rings (SSSR count). The van der Waals surface area contributed by atoms with E-state index in [4.69, 9.17) is 5.73 Å². The lowest BCUT2D eigenvalue weighted by Gasteiger charge is -2.17. The second-order valence-electron chi connectivity index (χ2n) is 5.93. The monoisotopic (exact) mass is 250 g/mol. The molecular weight excluding hydrogens is 224 g/mol. The molecule has 0 saturated carbocycles. The maximum atomic E-state index is 5.89. The Hall–Kier alpha value is -0.900. The Morgan fingerprint density at radius 1 is 1.22 bits per heavy atom. The van der Waals surface area contributed by atoms with Crippen molar-refractivity contribution in [1.82, 2.24) is 14.8 Å². The molecule has 0 bridgehead atoms. The third-order valence-corrected chi connectivity index (χ3v) is 3.80. The number of fused-ring (bicyclic) bond motifs is 1. The van der Waals surface area contributed by atoms with Crippen molar-refractivity contribution < 1.29 is 0 Å². The third kappa shape index (κ3) is 3.31. The molecule has 1 aromatic rings. The molecule has 0 amide bonds. The van der Waals surface area contributed by atoms with Crippen molar-refractivity contribution in [2.24, 2.45) is 17.6 Å². The predicted octanol–water partition coefficient (Wildman–Crippen LogP) is 2.17. The SMILES string of the molecule is CC(C)CC(CN)Cc1nnc2n1CCCCC2. The van der Waals surface area contributed by atoms with E-state index in [1.807, 2.05) is 0 Å². The Morgan fingerprint density at radius 3 is 2.78 bits per heavy atom. The van der Waals surface area contributed by atoms with Crippen molar-refractivity contribution in [2.75, 3.05) is 6.54 Å². The van der Waals surface area contributed by atoms with Gasteiger partial charge >= 0.3 is 0 Å². The first-order valence-corrected chi connectivity index (χ1v) is 7.31. The zero-order valence-corrected chi connectivity index (χ0v) is 11.7. The predicted molar refractivity (Wildman–Crippen MR) is 73.3 cm³/mol. The maximum Gasteiger partial charge on any atom is 0.133 e. The fraction of sp³-hybridized carbons (Fsp3) is 0.857. The van der Waals surface area contributed by atoms with E-state index >= 15 is 0 Å². The van der Waals surface area contributed by atoms with Crippen LogP contribution in [0.4, 0.5) is 0 Å². The summed E-state index contributed by atoms with van der Waals surface area (Å²) in [6, 6.07) is 0. The summed E-state index contributed by atoms with van der Waals surface area (Å²) in [5, 5.41) is 8.75. The molecule has 2 N–H and O–H groups in total. The van der Waals surface area contributed by atoms with Crippen molar-refractivity contribution >= 4 is 0 Å². The zero-order valence-electron chi connectivity index (χ0n) is 11.7. The van der Waals surface area contributed by atoms with Crippen LogP contribution in [0, 0.1) is 11.8 Å². The van der Waals surface area contributed by atoms with Crippen LogP contribution >= 0.6 is 0 Å². The molecule has 0 radical (unpaired) electrons. The van der Waals surface area contributed by atoms with Gasteiger partial charge in [-0.05, 0) is 37.6 Å². The van der Waals surface area contributed by atoms with Crippen LogP contribution in [0.3, 0.4) is 0 Å². The van der Waals surface area contributed by atoms with Crippen LogP contribution in [0.15, 0.2) is 0 Å². The Balaban J connectivity index is 2.06. The Kier molecular flexibility index (Phi) is 4.75. The molecule has 0 saturated heterocycles. The van der Waals surface area contributed by atoms with Crippen molar-refractivity contribution in [3.05, 3.63) is 11.6 Å². The molecule has 1 aliphatic rings. The molecule has 102 valence electrons. The number of rotatable bonds is 5. The summed E-state index contributed by atoms with van der Waals surface area (Å²) in [7, 11) is 0. The van der Waals surface area contributed by atoms with Crippen LogP contribution in [-0.2, 0) is 19.4 Å². The van der Waals surface area contributed by atoms with Crippen LogP contribution in [-0.4, -0.2) is 21.3 Å². The second-order valence-corrected chi connectivity index (χ2v) is 5.93. The fourth-order valence-electron chi connectivity index (χ4n) is 2.88. The molecule has 1 atom stereocenters. The molecule has 0 aliphatic carbocycles. The minimum atomic E-state index is 0.543. The molecule has 0 aromatic carbocycles. The first-order valence-electron chi connectivity index (χ1n) is 7.31. The van der Waals surface area contributed by atoms with Gasteiger partial charge in [0.1, 0.15) is 11.6 Å². The van der Waals surface area contributed by atoms with E-state index in [-0.39, 0.29) is 0 Å². The highest BCUT2D eigenvalue weighted by Gasteiger charge is 2.18. The quantitative estimate of drug-likeness (QED) is 0.871. The number of hydrogen-bond donors (Lipinski definition) is 1. The van der Waals surface area contributed by atoms with Crippen molar-refractivity contribution in [2.45, 2.75) is 58.9 Å². The summed E-state index contributed by atoms with van der Waals surface area (Å²) < 4.78 is 2.34. The molecular formula is C14H26N4. The normalized spacial score (nSPS) is 17.6. The highest BCUT2D eigenvalue weighted by molar-refractivity contribution is 4.99. The van der Waals surface area contributed by atoms with Gasteiger partial charge in [-0.3, -0.25) is 0 Å². The summed E-state index contributed by atoms with van der Waals surface area (Å²) >= 11 is 0.